The van der Waals surface area contributed by atoms with Crippen molar-refractivity contribution in [3.05, 3.63) is 0 Å². The smallest absolute Gasteiger partial charge is 0.314 e. The van der Waals surface area contributed by atoms with Gasteiger partial charge < -0.3 is 16.0 Å². The molecule has 110 valence electrons. The maximum Gasteiger partial charge on any atom is 0.314 e. The zero-order valence-corrected chi connectivity index (χ0v) is 12.2. The van der Waals surface area contributed by atoms with E-state index in [9.17, 15) is 4.79 Å². The van der Waals surface area contributed by atoms with Crippen LogP contribution >= 0.6 is 0 Å². The third-order valence-corrected chi connectivity index (χ3v) is 4.72. The second-order valence-electron chi connectivity index (χ2n) is 6.39. The van der Waals surface area contributed by atoms with Crippen molar-refractivity contribution in [2.24, 2.45) is 17.6 Å². The minimum absolute atomic E-state index is 0.256. The zero-order chi connectivity index (χ0) is 13.7. The van der Waals surface area contributed by atoms with Crippen LogP contribution in [-0.4, -0.2) is 36.6 Å². The van der Waals surface area contributed by atoms with E-state index in [1.165, 1.54) is 44.9 Å². The number of carbonyl (C=O) groups excluding carboxylic acids is 1. The van der Waals surface area contributed by atoms with Crippen molar-refractivity contribution in [2.45, 2.75) is 57.9 Å². The van der Waals surface area contributed by atoms with Crippen molar-refractivity contribution in [3.63, 3.8) is 0 Å². The van der Waals surface area contributed by atoms with Gasteiger partial charge in [-0.3, -0.25) is 0 Å². The minimum atomic E-state index is -0.256. The van der Waals surface area contributed by atoms with Gasteiger partial charge in [0.05, 0.1) is 0 Å². The first-order valence-electron chi connectivity index (χ1n) is 7.96. The maximum absolute atomic E-state index is 11.4. The summed E-state index contributed by atoms with van der Waals surface area (Å²) < 4.78 is 0. The molecule has 0 aromatic rings. The summed E-state index contributed by atoms with van der Waals surface area (Å²) in [6.07, 6.45) is 9.11. The van der Waals surface area contributed by atoms with E-state index in [1.807, 2.05) is 4.90 Å². The number of nitrogens with one attached hydrogen (secondary N) is 1. The van der Waals surface area contributed by atoms with E-state index in [0.717, 1.165) is 25.6 Å². The number of hydrogen-bond donors (Lipinski definition) is 2. The third-order valence-electron chi connectivity index (χ3n) is 4.72. The first kappa shape index (κ1) is 14.6. The summed E-state index contributed by atoms with van der Waals surface area (Å²) in [7, 11) is 0. The van der Waals surface area contributed by atoms with Crippen LogP contribution < -0.4 is 11.1 Å². The monoisotopic (exact) mass is 267 g/mol. The highest BCUT2D eigenvalue weighted by Gasteiger charge is 2.28. The molecule has 2 unspecified atom stereocenters. The molecule has 4 nitrogen and oxygen atoms in total. The Morgan fingerprint density at radius 3 is 2.63 bits per heavy atom. The van der Waals surface area contributed by atoms with Gasteiger partial charge in [-0.1, -0.05) is 26.2 Å². The number of likely N-dealkylation sites (tertiary alicyclic amines) is 1. The Bertz CT molecular complexity index is 289. The Hall–Kier alpha value is -0.770. The summed E-state index contributed by atoms with van der Waals surface area (Å²) in [6, 6.07) is 0.187. The topological polar surface area (TPSA) is 58.4 Å². The van der Waals surface area contributed by atoms with E-state index in [-0.39, 0.29) is 6.03 Å². The highest BCUT2D eigenvalue weighted by molar-refractivity contribution is 5.72. The third kappa shape index (κ3) is 4.37. The van der Waals surface area contributed by atoms with Crippen molar-refractivity contribution >= 4 is 6.03 Å². The van der Waals surface area contributed by atoms with Crippen LogP contribution in [0.3, 0.4) is 0 Å². The standard InChI is InChI=1S/C15H29N3O/c1-2-5-13-8-14(11-18(10-13)15(16)19)17-9-12-6-3-4-7-12/h12-14,17H,2-11H2,1H3,(H2,16,19). The lowest BCUT2D eigenvalue weighted by molar-refractivity contribution is 0.147. The molecule has 1 aliphatic heterocycles. The number of rotatable bonds is 5. The number of urea groups is 1. The molecular formula is C15H29N3O. The Labute approximate surface area is 117 Å². The van der Waals surface area contributed by atoms with Gasteiger partial charge in [-0.2, -0.15) is 0 Å². The molecule has 19 heavy (non-hydrogen) atoms. The average molecular weight is 267 g/mol. The highest BCUT2D eigenvalue weighted by Crippen LogP contribution is 2.25. The molecule has 2 amide bonds. The van der Waals surface area contributed by atoms with Crippen molar-refractivity contribution in [1.29, 1.82) is 0 Å². The summed E-state index contributed by atoms with van der Waals surface area (Å²) >= 11 is 0. The highest BCUT2D eigenvalue weighted by atomic mass is 16.2. The van der Waals surface area contributed by atoms with Gasteiger partial charge in [0.15, 0.2) is 0 Å². The van der Waals surface area contributed by atoms with Crippen molar-refractivity contribution < 1.29 is 4.79 Å². The number of primary amides is 1. The average Bonchev–Trinajstić information content (AvgIpc) is 2.89. The molecule has 1 saturated carbocycles. The summed E-state index contributed by atoms with van der Waals surface area (Å²) in [5.41, 5.74) is 5.47. The van der Waals surface area contributed by atoms with Crippen LogP contribution in [0.4, 0.5) is 4.79 Å². The van der Waals surface area contributed by atoms with Crippen LogP contribution in [0.5, 0.6) is 0 Å². The number of nitrogens with zero attached hydrogens (tertiary/aromatic N) is 1. The number of carbonyl (C=O) groups is 1. The fourth-order valence-corrected chi connectivity index (χ4v) is 3.70. The predicted octanol–water partition coefficient (Wildman–Crippen LogP) is 2.34. The Balaban J connectivity index is 1.81. The quantitative estimate of drug-likeness (QED) is 0.803. The fourth-order valence-electron chi connectivity index (χ4n) is 3.70. The van der Waals surface area contributed by atoms with Gasteiger partial charge in [-0.25, -0.2) is 4.79 Å². The number of hydrogen-bond acceptors (Lipinski definition) is 2. The van der Waals surface area contributed by atoms with Gasteiger partial charge in [0.1, 0.15) is 0 Å². The number of amides is 2. The molecule has 0 bridgehead atoms. The minimum Gasteiger partial charge on any atom is -0.351 e. The maximum atomic E-state index is 11.4. The molecule has 3 N–H and O–H groups in total. The molecule has 2 fully saturated rings. The SMILES string of the molecule is CCCC1CC(NCC2CCCC2)CN(C(N)=O)C1. The van der Waals surface area contributed by atoms with Crippen molar-refractivity contribution in [3.8, 4) is 0 Å². The molecule has 4 heteroatoms. The zero-order valence-electron chi connectivity index (χ0n) is 12.2. The first-order valence-corrected chi connectivity index (χ1v) is 7.96. The molecule has 2 aliphatic rings. The molecule has 1 saturated heterocycles. The van der Waals surface area contributed by atoms with Crippen LogP contribution in [0.1, 0.15) is 51.9 Å². The molecule has 2 rings (SSSR count). The van der Waals surface area contributed by atoms with Crippen LogP contribution in [0.15, 0.2) is 0 Å². The lowest BCUT2D eigenvalue weighted by atomic mass is 9.90. The van der Waals surface area contributed by atoms with Crippen LogP contribution in [0.2, 0.25) is 0 Å². The lowest BCUT2D eigenvalue weighted by Gasteiger charge is -2.37. The fraction of sp³-hybridized carbons (Fsp3) is 0.933. The molecule has 0 aromatic carbocycles. The summed E-state index contributed by atoms with van der Waals surface area (Å²) in [6.45, 7) is 4.98. The molecule has 1 heterocycles. The second-order valence-corrected chi connectivity index (χ2v) is 6.39. The van der Waals surface area contributed by atoms with Gasteiger partial charge in [0, 0.05) is 19.1 Å². The summed E-state index contributed by atoms with van der Waals surface area (Å²) in [5, 5.41) is 3.69. The Morgan fingerprint density at radius 2 is 2.00 bits per heavy atom. The summed E-state index contributed by atoms with van der Waals surface area (Å²) in [4.78, 5) is 13.3. The second kappa shape index (κ2) is 7.13. The van der Waals surface area contributed by atoms with Crippen LogP contribution in [0.25, 0.3) is 0 Å². The summed E-state index contributed by atoms with van der Waals surface area (Å²) in [5.74, 6) is 1.47. The van der Waals surface area contributed by atoms with Crippen molar-refractivity contribution in [2.75, 3.05) is 19.6 Å². The van der Waals surface area contributed by atoms with E-state index >= 15 is 0 Å². The molecule has 1 aliphatic carbocycles. The van der Waals surface area contributed by atoms with E-state index in [1.54, 1.807) is 0 Å². The number of nitrogens with two attached hydrogens (primary N) is 1. The predicted molar refractivity (Wildman–Crippen MR) is 77.9 cm³/mol. The number of piperidine rings is 1. The van der Waals surface area contributed by atoms with Crippen LogP contribution in [-0.2, 0) is 0 Å². The largest absolute Gasteiger partial charge is 0.351 e. The van der Waals surface area contributed by atoms with E-state index in [4.69, 9.17) is 5.73 Å². The van der Waals surface area contributed by atoms with Gasteiger partial charge >= 0.3 is 6.03 Å². The molecule has 0 aromatic heterocycles. The Kier molecular flexibility index (Phi) is 5.49. The molecule has 0 radical (unpaired) electrons. The van der Waals surface area contributed by atoms with Gasteiger partial charge in [-0.15, -0.1) is 0 Å². The van der Waals surface area contributed by atoms with Gasteiger partial charge in [0.2, 0.25) is 0 Å². The van der Waals surface area contributed by atoms with Gasteiger partial charge in [-0.05, 0) is 44.1 Å². The molecule has 2 atom stereocenters. The van der Waals surface area contributed by atoms with Crippen molar-refractivity contribution in [1.82, 2.24) is 10.2 Å². The first-order chi connectivity index (χ1) is 9.19. The Morgan fingerprint density at radius 1 is 1.26 bits per heavy atom. The van der Waals surface area contributed by atoms with E-state index in [2.05, 4.69) is 12.2 Å². The van der Waals surface area contributed by atoms with E-state index in [0.29, 0.717) is 12.0 Å². The van der Waals surface area contributed by atoms with E-state index < -0.39 is 0 Å². The normalized spacial score (nSPS) is 28.8. The molecular weight excluding hydrogens is 238 g/mol. The molecule has 0 spiro atoms. The van der Waals surface area contributed by atoms with Gasteiger partial charge in [0.25, 0.3) is 0 Å². The lowest BCUT2D eigenvalue weighted by Crippen LogP contribution is -2.53. The van der Waals surface area contributed by atoms with Crippen LogP contribution in [0, 0.1) is 11.8 Å².